The lowest BCUT2D eigenvalue weighted by molar-refractivity contribution is -0.140. The quantitative estimate of drug-likeness (QED) is 0.293. The summed E-state index contributed by atoms with van der Waals surface area (Å²) in [7, 11) is 0. The minimum absolute atomic E-state index is 0.00486. The van der Waals surface area contributed by atoms with Crippen molar-refractivity contribution in [1.29, 1.82) is 0 Å². The summed E-state index contributed by atoms with van der Waals surface area (Å²) in [5.74, 6) is 1.03. The Morgan fingerprint density at radius 1 is 0.963 bits per heavy atom. The van der Waals surface area contributed by atoms with Crippen LogP contribution in [0.4, 0.5) is 0 Å². The summed E-state index contributed by atoms with van der Waals surface area (Å²) in [5.41, 5.74) is 2.85. The Morgan fingerprint density at radius 2 is 1.63 bits per heavy atom. The van der Waals surface area contributed by atoms with Crippen molar-refractivity contribution in [2.24, 2.45) is 5.92 Å². The van der Waals surface area contributed by atoms with E-state index in [1.165, 1.54) is 36.8 Å². The van der Waals surface area contributed by atoms with Gasteiger partial charge in [-0.1, -0.05) is 55.6 Å². The fourth-order valence-corrected chi connectivity index (χ4v) is 4.03. The number of esters is 1. The van der Waals surface area contributed by atoms with Crippen LogP contribution < -0.4 is 4.74 Å². The molecule has 144 valence electrons. The molecule has 1 aliphatic carbocycles. The third kappa shape index (κ3) is 5.84. The van der Waals surface area contributed by atoms with Crippen molar-refractivity contribution in [1.82, 2.24) is 0 Å². The van der Waals surface area contributed by atoms with Gasteiger partial charge in [-0.15, -0.1) is 0 Å². The fraction of sp³-hybridized carbons (Fsp3) is 0.458. The molecule has 0 unspecified atom stereocenters. The number of ether oxygens (including phenoxy) is 1. The molecule has 0 heterocycles. The molecule has 0 atom stereocenters. The van der Waals surface area contributed by atoms with E-state index >= 15 is 0 Å². The van der Waals surface area contributed by atoms with Crippen LogP contribution in [0.2, 0.25) is 5.02 Å². The zero-order valence-electron chi connectivity index (χ0n) is 16.1. The van der Waals surface area contributed by atoms with E-state index in [0.29, 0.717) is 16.7 Å². The molecule has 0 spiro atoms. The van der Waals surface area contributed by atoms with Crippen LogP contribution in [0, 0.1) is 5.92 Å². The Balaban J connectivity index is 1.48. The van der Waals surface area contributed by atoms with E-state index in [9.17, 15) is 4.79 Å². The fourth-order valence-electron chi connectivity index (χ4n) is 3.90. The molecule has 2 aromatic rings. The number of halogens is 1. The van der Waals surface area contributed by atoms with Crippen molar-refractivity contribution in [3.63, 3.8) is 0 Å². The first-order chi connectivity index (χ1) is 13.2. The minimum Gasteiger partial charge on any atom is -0.426 e. The van der Waals surface area contributed by atoms with Gasteiger partial charge in [0.05, 0.1) is 5.92 Å². The second kappa shape index (κ2) is 9.94. The van der Waals surface area contributed by atoms with Gasteiger partial charge < -0.3 is 4.74 Å². The third-order valence-electron chi connectivity index (χ3n) is 5.61. The van der Waals surface area contributed by atoms with Crippen LogP contribution in [0.1, 0.15) is 68.9 Å². The van der Waals surface area contributed by atoms with Gasteiger partial charge in [0, 0.05) is 5.02 Å². The molecule has 2 aromatic carbocycles. The molecule has 1 fully saturated rings. The monoisotopic (exact) mass is 384 g/mol. The first-order valence-electron chi connectivity index (χ1n) is 10.2. The molecular weight excluding hydrogens is 356 g/mol. The highest BCUT2D eigenvalue weighted by atomic mass is 35.5. The highest BCUT2D eigenvalue weighted by Crippen LogP contribution is 2.36. The third-order valence-corrected chi connectivity index (χ3v) is 5.86. The van der Waals surface area contributed by atoms with Crippen molar-refractivity contribution < 1.29 is 9.53 Å². The number of hydrogen-bond donors (Lipinski definition) is 0. The van der Waals surface area contributed by atoms with Crippen LogP contribution in [0.15, 0.2) is 48.5 Å². The summed E-state index contributed by atoms with van der Waals surface area (Å²) in [5, 5.41) is 0.645. The van der Waals surface area contributed by atoms with Gasteiger partial charge in [-0.05, 0) is 79.8 Å². The van der Waals surface area contributed by atoms with Crippen LogP contribution in [-0.2, 0) is 11.2 Å². The van der Waals surface area contributed by atoms with Crippen LogP contribution in [0.5, 0.6) is 5.75 Å². The summed E-state index contributed by atoms with van der Waals surface area (Å²) in [6.45, 7) is 2.24. The maximum absolute atomic E-state index is 12.4. The average molecular weight is 385 g/mol. The normalized spacial score (nSPS) is 19.6. The second-order valence-corrected chi connectivity index (χ2v) is 8.06. The number of hydrogen-bond acceptors (Lipinski definition) is 2. The van der Waals surface area contributed by atoms with Crippen LogP contribution in [0.3, 0.4) is 0 Å². The Morgan fingerprint density at radius 3 is 2.26 bits per heavy atom. The van der Waals surface area contributed by atoms with Gasteiger partial charge in [0.2, 0.25) is 0 Å². The molecule has 0 saturated heterocycles. The van der Waals surface area contributed by atoms with Crippen molar-refractivity contribution in [3.05, 3.63) is 64.7 Å². The highest BCUT2D eigenvalue weighted by Gasteiger charge is 2.28. The largest absolute Gasteiger partial charge is 0.426 e. The Labute approximate surface area is 167 Å². The SMILES string of the molecule is CCCCCc1ccc(C2CCC(C(=O)Oc3ccc(Cl)cc3)CC2)cc1. The lowest BCUT2D eigenvalue weighted by Gasteiger charge is -2.27. The lowest BCUT2D eigenvalue weighted by atomic mass is 9.78. The molecule has 0 radical (unpaired) electrons. The van der Waals surface area contributed by atoms with E-state index in [4.69, 9.17) is 16.3 Å². The van der Waals surface area contributed by atoms with Crippen LogP contribution in [0.25, 0.3) is 0 Å². The Bertz CT molecular complexity index is 713. The van der Waals surface area contributed by atoms with Crippen molar-refractivity contribution in [3.8, 4) is 5.75 Å². The number of carbonyl (C=O) groups excluding carboxylic acids is 1. The molecule has 0 aliphatic heterocycles. The van der Waals surface area contributed by atoms with Crippen molar-refractivity contribution in [2.75, 3.05) is 0 Å². The molecule has 0 aromatic heterocycles. The number of benzene rings is 2. The van der Waals surface area contributed by atoms with E-state index < -0.39 is 0 Å². The summed E-state index contributed by atoms with van der Waals surface area (Å²) >= 11 is 5.87. The molecular formula is C24H29ClO2. The smallest absolute Gasteiger partial charge is 0.314 e. The standard InChI is InChI=1S/C24H29ClO2/c1-2-3-4-5-18-6-8-19(9-7-18)20-10-12-21(13-11-20)24(26)27-23-16-14-22(25)15-17-23/h6-9,14-17,20-21H,2-5,10-13H2,1H3. The number of aryl methyl sites for hydroxylation is 1. The van der Waals surface area contributed by atoms with Gasteiger partial charge in [-0.3, -0.25) is 4.79 Å². The predicted molar refractivity (Wildman–Crippen MR) is 111 cm³/mol. The number of unbranched alkanes of at least 4 members (excludes halogenated alkanes) is 2. The van der Waals surface area contributed by atoms with Gasteiger partial charge in [0.25, 0.3) is 0 Å². The summed E-state index contributed by atoms with van der Waals surface area (Å²) in [4.78, 5) is 12.4. The predicted octanol–water partition coefficient (Wildman–Crippen LogP) is 6.95. The van der Waals surface area contributed by atoms with Gasteiger partial charge in [0.1, 0.15) is 5.75 Å². The zero-order chi connectivity index (χ0) is 19.1. The minimum atomic E-state index is -0.109. The molecule has 1 saturated carbocycles. The maximum Gasteiger partial charge on any atom is 0.314 e. The number of rotatable bonds is 7. The van der Waals surface area contributed by atoms with Crippen molar-refractivity contribution in [2.45, 2.75) is 64.2 Å². The molecule has 0 amide bonds. The van der Waals surface area contributed by atoms with Gasteiger partial charge in [-0.25, -0.2) is 0 Å². The van der Waals surface area contributed by atoms with E-state index in [2.05, 4.69) is 31.2 Å². The Hall–Kier alpha value is -1.80. The Kier molecular flexibility index (Phi) is 7.34. The van der Waals surface area contributed by atoms with E-state index in [1.54, 1.807) is 24.3 Å². The molecule has 3 rings (SSSR count). The highest BCUT2D eigenvalue weighted by molar-refractivity contribution is 6.30. The molecule has 2 nitrogen and oxygen atoms in total. The first kappa shape index (κ1) is 19.9. The maximum atomic E-state index is 12.4. The summed E-state index contributed by atoms with van der Waals surface area (Å²) in [6.07, 6.45) is 8.92. The first-order valence-corrected chi connectivity index (χ1v) is 10.6. The summed E-state index contributed by atoms with van der Waals surface area (Å²) in [6, 6.07) is 16.1. The van der Waals surface area contributed by atoms with E-state index in [-0.39, 0.29) is 11.9 Å². The molecule has 0 N–H and O–H groups in total. The molecule has 0 bridgehead atoms. The molecule has 3 heteroatoms. The van der Waals surface area contributed by atoms with Crippen LogP contribution in [-0.4, -0.2) is 5.97 Å². The zero-order valence-corrected chi connectivity index (χ0v) is 16.9. The van der Waals surface area contributed by atoms with Gasteiger partial charge >= 0.3 is 5.97 Å². The molecule has 27 heavy (non-hydrogen) atoms. The van der Waals surface area contributed by atoms with Gasteiger partial charge in [-0.2, -0.15) is 0 Å². The lowest BCUT2D eigenvalue weighted by Crippen LogP contribution is -2.25. The van der Waals surface area contributed by atoms with E-state index in [1.807, 2.05) is 0 Å². The molecule has 1 aliphatic rings. The van der Waals surface area contributed by atoms with Gasteiger partial charge in [0.15, 0.2) is 0 Å². The van der Waals surface area contributed by atoms with Crippen molar-refractivity contribution >= 4 is 17.6 Å². The average Bonchev–Trinajstić information content (AvgIpc) is 2.70. The summed E-state index contributed by atoms with van der Waals surface area (Å²) < 4.78 is 5.51. The van der Waals surface area contributed by atoms with E-state index in [0.717, 1.165) is 25.7 Å². The van der Waals surface area contributed by atoms with Crippen LogP contribution >= 0.6 is 11.6 Å². The second-order valence-electron chi connectivity index (χ2n) is 7.62. The number of carbonyl (C=O) groups is 1. The topological polar surface area (TPSA) is 26.3 Å².